The van der Waals surface area contributed by atoms with Gasteiger partial charge < -0.3 is 4.90 Å². The van der Waals surface area contributed by atoms with E-state index >= 15 is 0 Å². The SMILES string of the molecule is CC(=O)/C(=C\N(C)C)c1nnnn1-c1ccc(Br)cc1. The van der Waals surface area contributed by atoms with E-state index in [2.05, 4.69) is 31.5 Å². The van der Waals surface area contributed by atoms with Crippen LogP contribution in [-0.4, -0.2) is 45.0 Å². The van der Waals surface area contributed by atoms with Crippen molar-refractivity contribution in [2.75, 3.05) is 14.1 Å². The molecule has 0 aliphatic heterocycles. The molecule has 0 unspecified atom stereocenters. The summed E-state index contributed by atoms with van der Waals surface area (Å²) in [6.45, 7) is 1.50. The topological polar surface area (TPSA) is 63.9 Å². The molecule has 0 saturated carbocycles. The van der Waals surface area contributed by atoms with Crippen LogP contribution in [0.15, 0.2) is 34.9 Å². The van der Waals surface area contributed by atoms with Gasteiger partial charge >= 0.3 is 0 Å². The number of rotatable bonds is 4. The normalized spacial score (nSPS) is 11.5. The lowest BCUT2D eigenvalue weighted by Crippen LogP contribution is -2.11. The predicted molar refractivity (Wildman–Crippen MR) is 79.2 cm³/mol. The monoisotopic (exact) mass is 335 g/mol. The fraction of sp³-hybridized carbons (Fsp3) is 0.231. The van der Waals surface area contributed by atoms with Crippen LogP contribution in [0.2, 0.25) is 0 Å². The molecule has 104 valence electrons. The Kier molecular flexibility index (Phi) is 4.29. The molecule has 20 heavy (non-hydrogen) atoms. The van der Waals surface area contributed by atoms with E-state index in [0.717, 1.165) is 10.2 Å². The second-order valence-corrected chi connectivity index (χ2v) is 5.37. The van der Waals surface area contributed by atoms with Crippen LogP contribution in [0.25, 0.3) is 11.3 Å². The smallest absolute Gasteiger partial charge is 0.192 e. The molecule has 0 spiro atoms. The summed E-state index contributed by atoms with van der Waals surface area (Å²) in [5.41, 5.74) is 1.25. The molecule has 0 aliphatic rings. The summed E-state index contributed by atoms with van der Waals surface area (Å²) in [6, 6.07) is 7.53. The third-order valence-electron chi connectivity index (χ3n) is 2.55. The third kappa shape index (κ3) is 3.11. The lowest BCUT2D eigenvalue weighted by Gasteiger charge is -2.10. The average molecular weight is 336 g/mol. The van der Waals surface area contributed by atoms with Gasteiger partial charge in [0.1, 0.15) is 0 Å². The fourth-order valence-electron chi connectivity index (χ4n) is 1.68. The fourth-order valence-corrected chi connectivity index (χ4v) is 1.94. The van der Waals surface area contributed by atoms with Gasteiger partial charge in [0.15, 0.2) is 11.6 Å². The molecule has 0 saturated heterocycles. The number of tetrazole rings is 1. The van der Waals surface area contributed by atoms with Gasteiger partial charge in [0.05, 0.1) is 11.3 Å². The summed E-state index contributed by atoms with van der Waals surface area (Å²) >= 11 is 3.38. The number of nitrogens with zero attached hydrogens (tertiary/aromatic N) is 5. The first-order valence-corrected chi connectivity index (χ1v) is 6.72. The molecule has 7 heteroatoms. The number of hydrogen-bond donors (Lipinski definition) is 0. The first kappa shape index (κ1) is 14.4. The summed E-state index contributed by atoms with van der Waals surface area (Å²) in [6.07, 6.45) is 1.71. The van der Waals surface area contributed by atoms with Crippen LogP contribution in [0.5, 0.6) is 0 Å². The number of aromatic nitrogens is 4. The van der Waals surface area contributed by atoms with E-state index in [1.807, 2.05) is 38.4 Å². The van der Waals surface area contributed by atoms with E-state index in [1.165, 1.54) is 6.92 Å². The average Bonchev–Trinajstić information content (AvgIpc) is 2.85. The highest BCUT2D eigenvalue weighted by atomic mass is 79.9. The van der Waals surface area contributed by atoms with Gasteiger partial charge in [-0.05, 0) is 41.6 Å². The maximum atomic E-state index is 11.8. The molecular formula is C13H14BrN5O. The van der Waals surface area contributed by atoms with Crippen molar-refractivity contribution in [1.29, 1.82) is 0 Å². The van der Waals surface area contributed by atoms with E-state index in [9.17, 15) is 4.79 Å². The number of Topliss-reactive ketones (excluding diaryl/α,β-unsaturated/α-hetero) is 1. The van der Waals surface area contributed by atoms with E-state index in [4.69, 9.17) is 0 Å². The number of benzene rings is 1. The third-order valence-corrected chi connectivity index (χ3v) is 3.08. The summed E-state index contributed by atoms with van der Waals surface area (Å²) in [4.78, 5) is 13.6. The van der Waals surface area contributed by atoms with Crippen molar-refractivity contribution in [2.45, 2.75) is 6.92 Å². The number of ketones is 1. The molecule has 0 fully saturated rings. The number of hydrogen-bond acceptors (Lipinski definition) is 5. The number of carbonyl (C=O) groups is 1. The highest BCUT2D eigenvalue weighted by Crippen LogP contribution is 2.18. The Morgan fingerprint density at radius 2 is 1.95 bits per heavy atom. The quantitative estimate of drug-likeness (QED) is 0.798. The molecule has 0 N–H and O–H groups in total. The molecule has 0 atom stereocenters. The molecule has 1 heterocycles. The molecular weight excluding hydrogens is 322 g/mol. The molecule has 0 radical (unpaired) electrons. The second kappa shape index (κ2) is 5.96. The van der Waals surface area contributed by atoms with Gasteiger partial charge in [-0.15, -0.1) is 5.10 Å². The van der Waals surface area contributed by atoms with Crippen molar-refractivity contribution >= 4 is 27.3 Å². The molecule has 0 aliphatic carbocycles. The summed E-state index contributed by atoms with van der Waals surface area (Å²) in [5, 5.41) is 11.6. The van der Waals surface area contributed by atoms with Gasteiger partial charge in [0, 0.05) is 24.8 Å². The number of carbonyl (C=O) groups excluding carboxylic acids is 1. The van der Waals surface area contributed by atoms with Crippen LogP contribution in [0.3, 0.4) is 0 Å². The van der Waals surface area contributed by atoms with Crippen molar-refractivity contribution in [1.82, 2.24) is 25.1 Å². The van der Waals surface area contributed by atoms with Gasteiger partial charge in [-0.2, -0.15) is 4.68 Å². The maximum absolute atomic E-state index is 11.8. The highest BCUT2D eigenvalue weighted by molar-refractivity contribution is 9.10. The summed E-state index contributed by atoms with van der Waals surface area (Å²) in [7, 11) is 3.69. The summed E-state index contributed by atoms with van der Waals surface area (Å²) in [5.74, 6) is 0.334. The van der Waals surface area contributed by atoms with Gasteiger partial charge in [0.2, 0.25) is 0 Å². The lowest BCUT2D eigenvalue weighted by atomic mass is 10.2. The molecule has 6 nitrogen and oxygen atoms in total. The minimum Gasteiger partial charge on any atom is -0.383 e. The van der Waals surface area contributed by atoms with Crippen LogP contribution in [0, 0.1) is 0 Å². The highest BCUT2D eigenvalue weighted by Gasteiger charge is 2.17. The molecule has 0 amide bonds. The Morgan fingerprint density at radius 1 is 1.30 bits per heavy atom. The van der Waals surface area contributed by atoms with E-state index in [1.54, 1.807) is 15.8 Å². The van der Waals surface area contributed by atoms with Gasteiger partial charge in [0.25, 0.3) is 0 Å². The lowest BCUT2D eigenvalue weighted by molar-refractivity contribution is -0.111. The van der Waals surface area contributed by atoms with Gasteiger partial charge in [-0.3, -0.25) is 4.79 Å². The maximum Gasteiger partial charge on any atom is 0.192 e. The largest absolute Gasteiger partial charge is 0.383 e. The molecule has 1 aromatic heterocycles. The molecule has 0 bridgehead atoms. The van der Waals surface area contributed by atoms with Crippen molar-refractivity contribution in [2.24, 2.45) is 0 Å². The predicted octanol–water partition coefficient (Wildman–Crippen LogP) is 1.92. The van der Waals surface area contributed by atoms with Crippen molar-refractivity contribution in [3.05, 3.63) is 40.8 Å². The zero-order valence-electron chi connectivity index (χ0n) is 11.4. The standard InChI is InChI=1S/C13H14BrN5O/c1-9(20)12(8-18(2)3)13-15-16-17-19(13)11-6-4-10(14)5-7-11/h4-8H,1-3H3/b12-8+. The van der Waals surface area contributed by atoms with Crippen LogP contribution in [0.4, 0.5) is 0 Å². The van der Waals surface area contributed by atoms with Crippen molar-refractivity contribution in [3.63, 3.8) is 0 Å². The Balaban J connectivity index is 2.51. The molecule has 2 aromatic rings. The van der Waals surface area contributed by atoms with Crippen LogP contribution in [-0.2, 0) is 4.79 Å². The van der Waals surface area contributed by atoms with Crippen LogP contribution >= 0.6 is 15.9 Å². The zero-order chi connectivity index (χ0) is 14.7. The Morgan fingerprint density at radius 3 is 2.50 bits per heavy atom. The Hall–Kier alpha value is -2.02. The van der Waals surface area contributed by atoms with Gasteiger partial charge in [-0.25, -0.2) is 0 Å². The summed E-state index contributed by atoms with van der Waals surface area (Å²) < 4.78 is 2.51. The Bertz CT molecular complexity index is 645. The first-order valence-electron chi connectivity index (χ1n) is 5.93. The Labute approximate surface area is 125 Å². The molecule has 2 rings (SSSR count). The number of allylic oxidation sites excluding steroid dienone is 1. The zero-order valence-corrected chi connectivity index (χ0v) is 13.0. The minimum absolute atomic E-state index is 0.0909. The second-order valence-electron chi connectivity index (χ2n) is 4.45. The van der Waals surface area contributed by atoms with Gasteiger partial charge in [-0.1, -0.05) is 15.9 Å². The van der Waals surface area contributed by atoms with E-state index < -0.39 is 0 Å². The molecule has 1 aromatic carbocycles. The van der Waals surface area contributed by atoms with Crippen molar-refractivity contribution in [3.8, 4) is 5.69 Å². The van der Waals surface area contributed by atoms with Crippen LogP contribution < -0.4 is 0 Å². The van der Waals surface area contributed by atoms with E-state index in [0.29, 0.717) is 11.4 Å². The van der Waals surface area contributed by atoms with E-state index in [-0.39, 0.29) is 5.78 Å². The minimum atomic E-state index is -0.0909. The number of halogens is 1. The first-order chi connectivity index (χ1) is 9.49. The van der Waals surface area contributed by atoms with Crippen molar-refractivity contribution < 1.29 is 4.79 Å². The van der Waals surface area contributed by atoms with Crippen LogP contribution in [0.1, 0.15) is 12.7 Å².